The van der Waals surface area contributed by atoms with Gasteiger partial charge in [-0.05, 0) is 75.6 Å². The first-order valence-electron chi connectivity index (χ1n) is 13.5. The Labute approximate surface area is 243 Å². The van der Waals surface area contributed by atoms with Crippen LogP contribution in [0.2, 0.25) is 0 Å². The van der Waals surface area contributed by atoms with Crippen molar-refractivity contribution in [2.75, 3.05) is 6.54 Å². The Morgan fingerprint density at radius 1 is 1.07 bits per heavy atom. The minimum atomic E-state index is -4.57. The molecule has 0 spiro atoms. The normalized spacial score (nSPS) is 16.4. The van der Waals surface area contributed by atoms with E-state index in [4.69, 9.17) is 4.42 Å². The maximum absolute atomic E-state index is 13.6. The Balaban J connectivity index is 1.41. The molecule has 14 heteroatoms. The van der Waals surface area contributed by atoms with Crippen LogP contribution in [0.3, 0.4) is 0 Å². The van der Waals surface area contributed by atoms with Gasteiger partial charge in [0.15, 0.2) is 5.78 Å². The molecule has 2 aromatic carbocycles. The first-order chi connectivity index (χ1) is 20.2. The van der Waals surface area contributed by atoms with Crippen LogP contribution in [0.1, 0.15) is 50.3 Å². The van der Waals surface area contributed by atoms with Crippen LogP contribution in [0.25, 0.3) is 16.7 Å². The molecule has 1 atom stereocenters. The number of halogens is 4. The zero-order valence-corrected chi connectivity index (χ0v) is 23.9. The van der Waals surface area contributed by atoms with Crippen molar-refractivity contribution in [2.45, 2.75) is 62.9 Å². The summed E-state index contributed by atoms with van der Waals surface area (Å²) in [6.07, 6.45) is -3.09. The van der Waals surface area contributed by atoms with Crippen molar-refractivity contribution in [1.82, 2.24) is 13.4 Å². The fourth-order valence-corrected chi connectivity index (χ4v) is 6.88. The molecule has 0 radical (unpaired) electrons. The maximum Gasteiger partial charge on any atom is 0.416 e. The van der Waals surface area contributed by atoms with Crippen molar-refractivity contribution in [3.63, 3.8) is 0 Å². The standard InChI is InChI=1S/C29H27F4N3O6S/c1-17(2)36-27(38)18(16-34(28(36)39)22-9-6-20(7-10-22)29(31,32)33)5-11-24(37)23-4-3-13-35(23)43(40,41)26-15-19-14-21(30)8-12-25(19)42-26/h6-10,12,14-17,23H,3-5,11,13H2,1-2H3/t23-/m0/s1. The molecule has 1 saturated heterocycles. The molecule has 2 aromatic heterocycles. The molecule has 0 saturated carbocycles. The molecule has 1 aliphatic heterocycles. The number of Topliss-reactive ketones (excluding diaryl/α,β-unsaturated/α-hetero) is 1. The van der Waals surface area contributed by atoms with Crippen molar-refractivity contribution in [1.29, 1.82) is 0 Å². The summed E-state index contributed by atoms with van der Waals surface area (Å²) < 4.78 is 88.1. The third kappa shape index (κ3) is 5.80. The molecule has 228 valence electrons. The van der Waals surface area contributed by atoms with Gasteiger partial charge in [0, 0.05) is 42.2 Å². The van der Waals surface area contributed by atoms with Crippen LogP contribution < -0.4 is 11.2 Å². The van der Waals surface area contributed by atoms with Crippen LogP contribution in [0.5, 0.6) is 0 Å². The molecular weight excluding hydrogens is 594 g/mol. The number of ketones is 1. The third-order valence-electron chi connectivity index (χ3n) is 7.41. The van der Waals surface area contributed by atoms with Gasteiger partial charge in [-0.1, -0.05) is 0 Å². The molecule has 1 aliphatic rings. The molecule has 3 heterocycles. The first kappa shape index (κ1) is 30.4. The monoisotopic (exact) mass is 621 g/mol. The summed E-state index contributed by atoms with van der Waals surface area (Å²) in [6, 6.07) is 7.04. The number of hydrogen-bond donors (Lipinski definition) is 0. The van der Waals surface area contributed by atoms with Crippen molar-refractivity contribution in [3.05, 3.63) is 92.5 Å². The van der Waals surface area contributed by atoms with Gasteiger partial charge in [0.1, 0.15) is 11.4 Å². The summed E-state index contributed by atoms with van der Waals surface area (Å²) in [5, 5.41) is -0.165. The number of carbonyl (C=O) groups is 1. The van der Waals surface area contributed by atoms with Gasteiger partial charge < -0.3 is 4.42 Å². The number of nitrogens with zero attached hydrogens (tertiary/aromatic N) is 3. The average molecular weight is 622 g/mol. The molecule has 9 nitrogen and oxygen atoms in total. The highest BCUT2D eigenvalue weighted by molar-refractivity contribution is 7.89. The van der Waals surface area contributed by atoms with E-state index in [2.05, 4.69) is 0 Å². The third-order valence-corrected chi connectivity index (χ3v) is 9.18. The average Bonchev–Trinajstić information content (AvgIpc) is 3.60. The largest absolute Gasteiger partial charge is 0.443 e. The number of carbonyl (C=O) groups excluding carboxylic acids is 1. The van der Waals surface area contributed by atoms with Gasteiger partial charge in [-0.3, -0.25) is 18.7 Å². The van der Waals surface area contributed by atoms with Gasteiger partial charge in [-0.2, -0.15) is 17.5 Å². The number of alkyl halides is 3. The zero-order valence-electron chi connectivity index (χ0n) is 23.1. The lowest BCUT2D eigenvalue weighted by Gasteiger charge is -2.22. The Hall–Kier alpha value is -4.04. The second-order valence-corrected chi connectivity index (χ2v) is 12.4. The molecule has 0 aliphatic carbocycles. The van der Waals surface area contributed by atoms with E-state index in [9.17, 15) is 40.4 Å². The van der Waals surface area contributed by atoms with Crippen LogP contribution in [0.4, 0.5) is 17.6 Å². The molecular formula is C29H27F4N3O6S. The molecule has 0 amide bonds. The zero-order chi connectivity index (χ0) is 31.3. The van der Waals surface area contributed by atoms with Gasteiger partial charge in [-0.15, -0.1) is 0 Å². The SMILES string of the molecule is CC(C)n1c(=O)c(CCC(=O)[C@@H]2CCCN2S(=O)(=O)c2cc3cc(F)ccc3o2)cn(-c2ccc(C(F)(F)F)cc2)c1=O. The Bertz CT molecular complexity index is 1920. The van der Waals surface area contributed by atoms with Gasteiger partial charge in [-0.25, -0.2) is 17.6 Å². The van der Waals surface area contributed by atoms with Gasteiger partial charge in [0.25, 0.3) is 15.6 Å². The van der Waals surface area contributed by atoms with Gasteiger partial charge >= 0.3 is 11.9 Å². The summed E-state index contributed by atoms with van der Waals surface area (Å²) >= 11 is 0. The summed E-state index contributed by atoms with van der Waals surface area (Å²) in [5.74, 6) is -1.02. The van der Waals surface area contributed by atoms with Crippen molar-refractivity contribution in [3.8, 4) is 5.69 Å². The summed E-state index contributed by atoms with van der Waals surface area (Å²) in [5.41, 5.74) is -1.98. The fraction of sp³-hybridized carbons (Fsp3) is 0.345. The number of sulfonamides is 1. The number of furan rings is 1. The van der Waals surface area contributed by atoms with Crippen LogP contribution in [-0.2, 0) is 27.4 Å². The quantitative estimate of drug-likeness (QED) is 0.261. The first-order valence-corrected chi connectivity index (χ1v) is 14.9. The predicted molar refractivity (Wildman–Crippen MR) is 148 cm³/mol. The lowest BCUT2D eigenvalue weighted by molar-refractivity contribution is -0.137. The van der Waals surface area contributed by atoms with E-state index < -0.39 is 61.8 Å². The Morgan fingerprint density at radius 2 is 1.77 bits per heavy atom. The number of fused-ring (bicyclic) bond motifs is 1. The number of aryl methyl sites for hydroxylation is 1. The molecule has 0 unspecified atom stereocenters. The highest BCUT2D eigenvalue weighted by atomic mass is 32.2. The Morgan fingerprint density at radius 3 is 2.42 bits per heavy atom. The number of aromatic nitrogens is 2. The van der Waals surface area contributed by atoms with E-state index in [0.717, 1.165) is 49.8 Å². The van der Waals surface area contributed by atoms with Crippen molar-refractivity contribution >= 4 is 26.8 Å². The van der Waals surface area contributed by atoms with E-state index in [1.807, 2.05) is 0 Å². The lowest BCUT2D eigenvalue weighted by Crippen LogP contribution is -2.42. The molecule has 43 heavy (non-hydrogen) atoms. The number of hydrogen-bond acceptors (Lipinski definition) is 6. The summed E-state index contributed by atoms with van der Waals surface area (Å²) in [4.78, 5) is 39.7. The second-order valence-electron chi connectivity index (χ2n) is 10.6. The van der Waals surface area contributed by atoms with Crippen molar-refractivity contribution < 1.29 is 35.2 Å². The van der Waals surface area contributed by atoms with E-state index in [-0.39, 0.29) is 48.0 Å². The van der Waals surface area contributed by atoms with Gasteiger partial charge in [0.05, 0.1) is 17.3 Å². The van der Waals surface area contributed by atoms with Crippen LogP contribution >= 0.6 is 0 Å². The van der Waals surface area contributed by atoms with Crippen LogP contribution in [0, 0.1) is 5.82 Å². The molecule has 0 bridgehead atoms. The maximum atomic E-state index is 13.6. The minimum absolute atomic E-state index is 0.0586. The highest BCUT2D eigenvalue weighted by Gasteiger charge is 2.40. The topological polar surface area (TPSA) is 112 Å². The van der Waals surface area contributed by atoms with Crippen molar-refractivity contribution in [2.24, 2.45) is 0 Å². The van der Waals surface area contributed by atoms with E-state index in [1.165, 1.54) is 18.3 Å². The smallest absolute Gasteiger partial charge is 0.416 e. The summed E-state index contributed by atoms with van der Waals surface area (Å²) in [6.45, 7) is 3.26. The lowest BCUT2D eigenvalue weighted by atomic mass is 10.0. The molecule has 4 aromatic rings. The predicted octanol–water partition coefficient (Wildman–Crippen LogP) is 4.84. The Kier molecular flexibility index (Phi) is 7.94. The molecule has 1 fully saturated rings. The fourth-order valence-electron chi connectivity index (χ4n) is 5.25. The van der Waals surface area contributed by atoms with E-state index in [0.29, 0.717) is 6.42 Å². The highest BCUT2D eigenvalue weighted by Crippen LogP contribution is 2.32. The van der Waals surface area contributed by atoms with E-state index >= 15 is 0 Å². The minimum Gasteiger partial charge on any atom is -0.443 e. The molecule has 0 N–H and O–H groups in total. The second kappa shape index (κ2) is 11.2. The summed E-state index contributed by atoms with van der Waals surface area (Å²) in [7, 11) is -4.25. The molecule has 5 rings (SSSR count). The van der Waals surface area contributed by atoms with Crippen LogP contribution in [-0.4, -0.2) is 40.2 Å². The number of benzene rings is 2. The van der Waals surface area contributed by atoms with Crippen LogP contribution in [0.15, 0.2) is 73.8 Å². The number of rotatable bonds is 8. The van der Waals surface area contributed by atoms with Gasteiger partial charge in [0.2, 0.25) is 5.09 Å². The van der Waals surface area contributed by atoms with E-state index in [1.54, 1.807) is 13.8 Å².